The van der Waals surface area contributed by atoms with Crippen LogP contribution in [-0.2, 0) is 23.7 Å². The molecule has 2 rings (SSSR count). The first-order chi connectivity index (χ1) is 21.0. The quantitative estimate of drug-likeness (QED) is 0.0575. The van der Waals surface area contributed by atoms with Crippen molar-refractivity contribution < 1.29 is 64.6 Å². The van der Waals surface area contributed by atoms with Crippen molar-refractivity contribution in [3.8, 4) is 0 Å². The second-order valence-electron chi connectivity index (χ2n) is 11.7. The summed E-state index contributed by atoms with van der Waals surface area (Å²) in [6, 6.07) is -0.907. The first-order valence-electron chi connectivity index (χ1n) is 15.9. The minimum Gasteiger partial charge on any atom is -0.394 e. The van der Waals surface area contributed by atoms with Crippen molar-refractivity contribution in [3.63, 3.8) is 0 Å². The molecule has 9 N–H and O–H groups in total. The van der Waals surface area contributed by atoms with E-state index >= 15 is 0 Å². The summed E-state index contributed by atoms with van der Waals surface area (Å²) in [5, 5.41) is 84.3. The number of hydrogen-bond acceptors (Lipinski definition) is 13. The molecule has 0 aliphatic carbocycles. The number of carbonyl (C=O) groups excluding carboxylic acids is 1. The Hall–Kier alpha value is -1.27. The van der Waals surface area contributed by atoms with E-state index in [-0.39, 0.29) is 6.61 Å². The van der Waals surface area contributed by atoms with Crippen molar-refractivity contribution in [1.82, 2.24) is 5.32 Å². The van der Waals surface area contributed by atoms with E-state index < -0.39 is 92.7 Å². The van der Waals surface area contributed by atoms with Gasteiger partial charge in [0.05, 0.1) is 32.0 Å². The van der Waals surface area contributed by atoms with Gasteiger partial charge in [0.25, 0.3) is 0 Å². The standard InChI is InChI=1S/C30H55NO13/c1-3-4-5-6-7-8-9-10-11-12-13-14-20(35)19(31-18(2)34)17-41-29-27(40)25(38)28(22(16-33)43-29)44-30-26(39)24(37)23(36)21(15-32)42-30/h13-14,19-30,32-33,35-40H,3-12,15-17H2,1-2H3,(H,31,34)/b14-13+. The number of unbranched alkanes of at least 4 members (excludes halogenated alkanes) is 9. The van der Waals surface area contributed by atoms with Gasteiger partial charge in [-0.3, -0.25) is 4.79 Å². The average molecular weight is 638 g/mol. The number of nitrogens with one attached hydrogen (secondary N) is 1. The SMILES string of the molecule is CCCCCCCCCCC/C=C/C(O)C(COC1OC(CO)C(OC2OC(CO)C(O)C(O)C2O)C(O)C1O)NC(C)=O. The normalized spacial score (nSPS) is 34.2. The summed E-state index contributed by atoms with van der Waals surface area (Å²) in [5.41, 5.74) is 0. The Morgan fingerprint density at radius 2 is 1.36 bits per heavy atom. The van der Waals surface area contributed by atoms with Crippen LogP contribution >= 0.6 is 0 Å². The number of allylic oxidation sites excluding steroid dienone is 1. The molecule has 258 valence electrons. The summed E-state index contributed by atoms with van der Waals surface area (Å²) in [4.78, 5) is 11.8. The third-order valence-electron chi connectivity index (χ3n) is 8.01. The molecule has 0 aromatic heterocycles. The number of carbonyl (C=O) groups is 1. The Balaban J connectivity index is 1.88. The van der Waals surface area contributed by atoms with Gasteiger partial charge in [0.15, 0.2) is 12.6 Å². The van der Waals surface area contributed by atoms with Gasteiger partial charge in [-0.05, 0) is 12.8 Å². The fraction of sp³-hybridized carbons (Fsp3) is 0.900. The number of rotatable bonds is 20. The van der Waals surface area contributed by atoms with E-state index in [4.69, 9.17) is 18.9 Å². The highest BCUT2D eigenvalue weighted by atomic mass is 16.7. The van der Waals surface area contributed by atoms with E-state index in [1.54, 1.807) is 6.08 Å². The average Bonchev–Trinajstić information content (AvgIpc) is 3.00. The predicted octanol–water partition coefficient (Wildman–Crippen LogP) is -1.03. The molecule has 0 spiro atoms. The number of hydrogen-bond donors (Lipinski definition) is 9. The molecule has 2 fully saturated rings. The fourth-order valence-electron chi connectivity index (χ4n) is 5.32. The second kappa shape index (κ2) is 20.8. The lowest BCUT2D eigenvalue weighted by Crippen LogP contribution is -2.65. The zero-order valence-corrected chi connectivity index (χ0v) is 25.9. The second-order valence-corrected chi connectivity index (χ2v) is 11.7. The molecule has 2 heterocycles. The summed E-state index contributed by atoms with van der Waals surface area (Å²) in [6.07, 6.45) is -1.89. The molecule has 0 saturated carbocycles. The highest BCUT2D eigenvalue weighted by Gasteiger charge is 2.50. The zero-order chi connectivity index (χ0) is 32.6. The van der Waals surface area contributed by atoms with Crippen LogP contribution in [0.25, 0.3) is 0 Å². The third kappa shape index (κ3) is 12.2. The molecule has 2 aliphatic rings. The molecule has 2 aliphatic heterocycles. The van der Waals surface area contributed by atoms with Crippen LogP contribution in [0.5, 0.6) is 0 Å². The number of amides is 1. The van der Waals surface area contributed by atoms with Gasteiger partial charge in [0.2, 0.25) is 5.91 Å². The maximum absolute atomic E-state index is 11.8. The molecule has 2 saturated heterocycles. The first kappa shape index (κ1) is 38.9. The largest absolute Gasteiger partial charge is 0.394 e. The van der Waals surface area contributed by atoms with Crippen LogP contribution in [0.1, 0.15) is 78.1 Å². The van der Waals surface area contributed by atoms with E-state index in [0.29, 0.717) is 0 Å². The molecule has 12 unspecified atom stereocenters. The Morgan fingerprint density at radius 3 is 1.95 bits per heavy atom. The Kier molecular flexibility index (Phi) is 18.4. The zero-order valence-electron chi connectivity index (χ0n) is 25.9. The summed E-state index contributed by atoms with van der Waals surface area (Å²) in [7, 11) is 0. The van der Waals surface area contributed by atoms with Gasteiger partial charge in [-0.25, -0.2) is 0 Å². The van der Waals surface area contributed by atoms with Crippen molar-refractivity contribution >= 4 is 5.91 Å². The maximum Gasteiger partial charge on any atom is 0.217 e. The van der Waals surface area contributed by atoms with Crippen molar-refractivity contribution in [3.05, 3.63) is 12.2 Å². The number of ether oxygens (including phenoxy) is 4. The Morgan fingerprint density at radius 1 is 0.795 bits per heavy atom. The molecular weight excluding hydrogens is 582 g/mol. The summed E-state index contributed by atoms with van der Waals surface area (Å²) < 4.78 is 22.1. The van der Waals surface area contributed by atoms with Gasteiger partial charge in [0.1, 0.15) is 48.8 Å². The first-order valence-corrected chi connectivity index (χ1v) is 15.9. The van der Waals surface area contributed by atoms with E-state index in [1.165, 1.54) is 51.9 Å². The lowest BCUT2D eigenvalue weighted by molar-refractivity contribution is -0.359. The van der Waals surface area contributed by atoms with Crippen molar-refractivity contribution in [2.45, 2.75) is 152 Å². The monoisotopic (exact) mass is 637 g/mol. The fourth-order valence-corrected chi connectivity index (χ4v) is 5.32. The lowest BCUT2D eigenvalue weighted by Gasteiger charge is -2.46. The van der Waals surface area contributed by atoms with Crippen molar-refractivity contribution in [2.24, 2.45) is 0 Å². The lowest BCUT2D eigenvalue weighted by atomic mass is 9.97. The molecule has 12 atom stereocenters. The molecule has 0 radical (unpaired) electrons. The molecule has 14 heteroatoms. The molecule has 0 aromatic rings. The van der Waals surface area contributed by atoms with Gasteiger partial charge >= 0.3 is 0 Å². The molecule has 0 aromatic carbocycles. The Bertz CT molecular complexity index is 816. The number of aliphatic hydroxyl groups is 8. The van der Waals surface area contributed by atoms with Gasteiger partial charge in [-0.2, -0.15) is 0 Å². The van der Waals surface area contributed by atoms with Crippen LogP contribution in [0, 0.1) is 0 Å². The van der Waals surface area contributed by atoms with Crippen LogP contribution in [0.15, 0.2) is 12.2 Å². The molecule has 14 nitrogen and oxygen atoms in total. The molecule has 0 bridgehead atoms. The smallest absolute Gasteiger partial charge is 0.217 e. The van der Waals surface area contributed by atoms with E-state index in [2.05, 4.69) is 12.2 Å². The molecular formula is C30H55NO13. The van der Waals surface area contributed by atoms with Gasteiger partial charge in [-0.1, -0.05) is 70.4 Å². The van der Waals surface area contributed by atoms with Gasteiger partial charge < -0.3 is 65.1 Å². The third-order valence-corrected chi connectivity index (χ3v) is 8.01. The number of aliphatic hydroxyl groups excluding tert-OH is 8. The maximum atomic E-state index is 11.8. The minimum atomic E-state index is -1.78. The molecule has 1 amide bonds. The van der Waals surface area contributed by atoms with E-state index in [0.717, 1.165) is 19.3 Å². The van der Waals surface area contributed by atoms with Gasteiger partial charge in [-0.15, -0.1) is 0 Å². The predicted molar refractivity (Wildman–Crippen MR) is 157 cm³/mol. The summed E-state index contributed by atoms with van der Waals surface area (Å²) in [5.74, 6) is -0.420. The van der Waals surface area contributed by atoms with Crippen LogP contribution in [0.4, 0.5) is 0 Å². The Labute approximate surface area is 259 Å². The van der Waals surface area contributed by atoms with Crippen molar-refractivity contribution in [1.29, 1.82) is 0 Å². The van der Waals surface area contributed by atoms with Crippen LogP contribution < -0.4 is 5.32 Å². The van der Waals surface area contributed by atoms with Gasteiger partial charge in [0, 0.05) is 6.92 Å². The topological polar surface area (TPSA) is 228 Å². The van der Waals surface area contributed by atoms with Crippen molar-refractivity contribution in [2.75, 3.05) is 19.8 Å². The highest BCUT2D eigenvalue weighted by molar-refractivity contribution is 5.73. The molecule has 44 heavy (non-hydrogen) atoms. The van der Waals surface area contributed by atoms with Crippen LogP contribution in [-0.4, -0.2) is 140 Å². The minimum absolute atomic E-state index is 0.312. The highest BCUT2D eigenvalue weighted by Crippen LogP contribution is 2.29. The van der Waals surface area contributed by atoms with Crippen LogP contribution in [0.3, 0.4) is 0 Å². The van der Waals surface area contributed by atoms with E-state index in [9.17, 15) is 45.6 Å². The van der Waals surface area contributed by atoms with Crippen LogP contribution in [0.2, 0.25) is 0 Å². The summed E-state index contributed by atoms with van der Waals surface area (Å²) in [6.45, 7) is 1.75. The van der Waals surface area contributed by atoms with E-state index in [1.807, 2.05) is 6.08 Å². The summed E-state index contributed by atoms with van der Waals surface area (Å²) >= 11 is 0.